The lowest BCUT2D eigenvalue weighted by atomic mass is 10.1. The summed E-state index contributed by atoms with van der Waals surface area (Å²) in [5.41, 5.74) is 6.43. The lowest BCUT2D eigenvalue weighted by Crippen LogP contribution is -2.30. The van der Waals surface area contributed by atoms with Gasteiger partial charge in [-0.25, -0.2) is 8.78 Å². The van der Waals surface area contributed by atoms with Crippen molar-refractivity contribution in [3.05, 3.63) is 65.2 Å². The molecule has 2 atom stereocenters. The molecule has 1 aliphatic rings. The average Bonchev–Trinajstić information content (AvgIpc) is 3.40. The van der Waals surface area contributed by atoms with Crippen molar-refractivity contribution < 1.29 is 18.4 Å². The molecule has 0 bridgehead atoms. The minimum atomic E-state index is -0.648. The second-order valence-corrected chi connectivity index (χ2v) is 6.19. The molecule has 0 radical (unpaired) electrons. The fraction of sp³-hybridized carbons (Fsp3) is 0.263. The van der Waals surface area contributed by atoms with Crippen LogP contribution in [0.2, 0.25) is 0 Å². The number of carbonyl (C=O) groups is 2. The second-order valence-electron chi connectivity index (χ2n) is 6.19. The zero-order valence-electron chi connectivity index (χ0n) is 14.4. The van der Waals surface area contributed by atoms with Crippen molar-refractivity contribution in [2.75, 3.05) is 18.4 Å². The number of nitrogens with two attached hydrogens (primary N) is 1. The van der Waals surface area contributed by atoms with Gasteiger partial charge in [-0.2, -0.15) is 0 Å². The van der Waals surface area contributed by atoms with Gasteiger partial charge in [-0.3, -0.25) is 9.59 Å². The van der Waals surface area contributed by atoms with Gasteiger partial charge in [-0.05, 0) is 36.1 Å². The summed E-state index contributed by atoms with van der Waals surface area (Å²) in [6, 6.07) is 10.0. The highest BCUT2D eigenvalue weighted by atomic mass is 35.5. The molecule has 1 aliphatic carbocycles. The number of hydrogen-bond donors (Lipinski definition) is 3. The molecule has 2 aromatic rings. The third-order valence-electron chi connectivity index (χ3n) is 4.35. The van der Waals surface area contributed by atoms with Crippen molar-refractivity contribution in [3.8, 4) is 0 Å². The first kappa shape index (κ1) is 20.8. The Labute approximate surface area is 161 Å². The first-order valence-electron chi connectivity index (χ1n) is 8.34. The molecular weight excluding hydrogens is 376 g/mol. The Morgan fingerprint density at radius 3 is 2.59 bits per heavy atom. The topological polar surface area (TPSA) is 84.2 Å². The predicted octanol–water partition coefficient (Wildman–Crippen LogP) is 2.82. The lowest BCUT2D eigenvalue weighted by Gasteiger charge is -2.11. The number of para-hydroxylation sites is 1. The molecule has 1 saturated carbocycles. The van der Waals surface area contributed by atoms with Crippen LogP contribution in [0.5, 0.6) is 0 Å². The number of rotatable bonds is 6. The smallest absolute Gasteiger partial charge is 0.253 e. The van der Waals surface area contributed by atoms with Crippen LogP contribution in [0.1, 0.15) is 28.3 Å². The zero-order chi connectivity index (χ0) is 18.7. The van der Waals surface area contributed by atoms with Crippen LogP contribution in [0.3, 0.4) is 0 Å². The van der Waals surface area contributed by atoms with Gasteiger partial charge >= 0.3 is 0 Å². The molecule has 3 rings (SSSR count). The van der Waals surface area contributed by atoms with Crippen LogP contribution in [-0.2, 0) is 4.79 Å². The number of carbonyl (C=O) groups excluding carboxylic acids is 2. The summed E-state index contributed by atoms with van der Waals surface area (Å²) in [4.78, 5) is 24.6. The number of anilines is 1. The summed E-state index contributed by atoms with van der Waals surface area (Å²) in [6.45, 7) is 0.642. The minimum Gasteiger partial charge on any atom is -0.351 e. The second kappa shape index (κ2) is 8.92. The monoisotopic (exact) mass is 395 g/mol. The molecule has 0 saturated heterocycles. The van der Waals surface area contributed by atoms with Gasteiger partial charge in [0.05, 0.1) is 11.3 Å². The van der Waals surface area contributed by atoms with Crippen molar-refractivity contribution in [2.24, 2.45) is 11.7 Å². The number of benzene rings is 2. The third-order valence-corrected chi connectivity index (χ3v) is 4.35. The van der Waals surface area contributed by atoms with Crippen molar-refractivity contribution >= 4 is 29.9 Å². The van der Waals surface area contributed by atoms with Gasteiger partial charge in [0.2, 0.25) is 5.91 Å². The Bertz CT molecular complexity index is 847. The van der Waals surface area contributed by atoms with E-state index in [1.54, 1.807) is 24.3 Å². The van der Waals surface area contributed by atoms with Crippen molar-refractivity contribution in [3.63, 3.8) is 0 Å². The maximum absolute atomic E-state index is 13.9. The van der Waals surface area contributed by atoms with Crippen molar-refractivity contribution in [1.82, 2.24) is 5.32 Å². The van der Waals surface area contributed by atoms with E-state index < -0.39 is 17.6 Å². The van der Waals surface area contributed by atoms with Gasteiger partial charge in [0.1, 0.15) is 11.6 Å². The van der Waals surface area contributed by atoms with Crippen LogP contribution in [0, 0.1) is 17.6 Å². The molecule has 8 heteroatoms. The first-order chi connectivity index (χ1) is 12.5. The van der Waals surface area contributed by atoms with Crippen LogP contribution in [0.4, 0.5) is 14.5 Å². The van der Waals surface area contributed by atoms with Crippen molar-refractivity contribution in [2.45, 2.75) is 12.3 Å². The Balaban J connectivity index is 0.00000261. The van der Waals surface area contributed by atoms with Gasteiger partial charge < -0.3 is 16.4 Å². The lowest BCUT2D eigenvalue weighted by molar-refractivity contribution is -0.117. The maximum Gasteiger partial charge on any atom is 0.253 e. The molecule has 0 aliphatic heterocycles. The molecule has 2 unspecified atom stereocenters. The highest BCUT2D eigenvalue weighted by Gasteiger charge is 2.45. The number of amides is 2. The fourth-order valence-electron chi connectivity index (χ4n) is 2.93. The van der Waals surface area contributed by atoms with Crippen molar-refractivity contribution in [1.29, 1.82) is 0 Å². The van der Waals surface area contributed by atoms with Crippen LogP contribution < -0.4 is 16.4 Å². The SMILES string of the molecule is Cl.NCCNC(=O)c1ccccc1NC(=O)C1CC1c1ccc(F)cc1F. The quantitative estimate of drug-likeness (QED) is 0.703. The molecule has 1 fully saturated rings. The molecule has 0 aromatic heterocycles. The van der Waals surface area contributed by atoms with E-state index in [2.05, 4.69) is 10.6 Å². The van der Waals surface area contributed by atoms with Gasteiger partial charge in [0.15, 0.2) is 0 Å². The maximum atomic E-state index is 13.9. The summed E-state index contributed by atoms with van der Waals surface area (Å²) in [7, 11) is 0. The summed E-state index contributed by atoms with van der Waals surface area (Å²) >= 11 is 0. The summed E-state index contributed by atoms with van der Waals surface area (Å²) in [5, 5.41) is 5.39. The fourth-order valence-corrected chi connectivity index (χ4v) is 2.93. The Morgan fingerprint density at radius 1 is 1.15 bits per heavy atom. The Hall–Kier alpha value is -2.51. The Kier molecular flexibility index (Phi) is 6.87. The van der Waals surface area contributed by atoms with E-state index in [1.165, 1.54) is 12.1 Å². The predicted molar refractivity (Wildman–Crippen MR) is 101 cm³/mol. The molecule has 144 valence electrons. The number of halogens is 3. The molecule has 4 N–H and O–H groups in total. The van der Waals surface area contributed by atoms with Gasteiger partial charge in [-0.15, -0.1) is 12.4 Å². The largest absolute Gasteiger partial charge is 0.351 e. The highest BCUT2D eigenvalue weighted by Crippen LogP contribution is 2.48. The van der Waals surface area contributed by atoms with E-state index in [-0.39, 0.29) is 30.1 Å². The van der Waals surface area contributed by atoms with Gasteiger partial charge in [0.25, 0.3) is 5.91 Å². The number of nitrogens with one attached hydrogen (secondary N) is 2. The summed E-state index contributed by atoms with van der Waals surface area (Å²) < 4.78 is 26.9. The zero-order valence-corrected chi connectivity index (χ0v) is 15.2. The molecular formula is C19H20ClF2N3O2. The van der Waals surface area contributed by atoms with Gasteiger partial charge in [-0.1, -0.05) is 18.2 Å². The standard InChI is InChI=1S/C19H19F2N3O2.ClH/c20-11-5-6-12(16(21)9-11)14-10-15(14)19(26)24-17-4-2-1-3-13(17)18(25)23-8-7-22;/h1-6,9,14-15H,7-8,10,22H2,(H,23,25)(H,24,26);1H. The average molecular weight is 396 g/mol. The van der Waals surface area contributed by atoms with Gasteiger partial charge in [0, 0.05) is 25.1 Å². The molecule has 0 spiro atoms. The van der Waals surface area contributed by atoms with E-state index >= 15 is 0 Å². The first-order valence-corrected chi connectivity index (χ1v) is 8.34. The van der Waals surface area contributed by atoms with Crippen LogP contribution in [0.15, 0.2) is 42.5 Å². The molecule has 2 amide bonds. The highest BCUT2D eigenvalue weighted by molar-refractivity contribution is 6.04. The van der Waals surface area contributed by atoms with E-state index in [0.717, 1.165) is 6.07 Å². The molecule has 2 aromatic carbocycles. The van der Waals surface area contributed by atoms with E-state index in [4.69, 9.17) is 5.73 Å². The van der Waals surface area contributed by atoms with E-state index in [9.17, 15) is 18.4 Å². The van der Waals surface area contributed by atoms with Crippen LogP contribution in [0.25, 0.3) is 0 Å². The van der Waals surface area contributed by atoms with E-state index in [0.29, 0.717) is 36.3 Å². The van der Waals surface area contributed by atoms with E-state index in [1.807, 2.05) is 0 Å². The normalized spacial score (nSPS) is 17.6. The third kappa shape index (κ3) is 4.81. The number of hydrogen-bond acceptors (Lipinski definition) is 3. The molecule has 27 heavy (non-hydrogen) atoms. The summed E-state index contributed by atoms with van der Waals surface area (Å²) in [5.74, 6) is -2.61. The molecule has 5 nitrogen and oxygen atoms in total. The minimum absolute atomic E-state index is 0. The Morgan fingerprint density at radius 2 is 1.89 bits per heavy atom. The van der Waals surface area contributed by atoms with Crippen LogP contribution in [-0.4, -0.2) is 24.9 Å². The summed E-state index contributed by atoms with van der Waals surface area (Å²) in [6.07, 6.45) is 0.482. The van der Waals surface area contributed by atoms with Crippen LogP contribution >= 0.6 is 12.4 Å². The molecule has 0 heterocycles.